The summed E-state index contributed by atoms with van der Waals surface area (Å²) in [5.74, 6) is 0.528. The van der Waals surface area contributed by atoms with Crippen molar-refractivity contribution in [2.75, 3.05) is 7.11 Å². The molecule has 0 unspecified atom stereocenters. The monoisotopic (exact) mass is 268 g/mol. The highest BCUT2D eigenvalue weighted by Crippen LogP contribution is 2.27. The molecule has 2 N–H and O–H groups in total. The molecule has 0 atom stereocenters. The maximum Gasteiger partial charge on any atom is 0.286 e. The van der Waals surface area contributed by atoms with E-state index in [0.717, 1.165) is 11.3 Å². The fraction of sp³-hybridized carbons (Fsp3) is 0.0714. The van der Waals surface area contributed by atoms with Crippen molar-refractivity contribution in [1.82, 2.24) is 9.97 Å². The number of nitrogens with zero attached hydrogens (tertiary/aromatic N) is 2. The first-order chi connectivity index (χ1) is 9.67. The van der Waals surface area contributed by atoms with Gasteiger partial charge in [0, 0.05) is 5.56 Å². The zero-order chi connectivity index (χ0) is 14.1. The lowest BCUT2D eigenvalue weighted by Gasteiger charge is -2.00. The third kappa shape index (κ3) is 2.07. The molecule has 3 aromatic rings. The van der Waals surface area contributed by atoms with Gasteiger partial charge in [-0.3, -0.25) is 4.79 Å². The lowest BCUT2D eigenvalue weighted by atomic mass is 10.1. The number of carbonyl (C=O) groups excluding carboxylic acids is 1. The molecule has 0 spiro atoms. The predicted octanol–water partition coefficient (Wildman–Crippen LogP) is 1.80. The van der Waals surface area contributed by atoms with Crippen LogP contribution in [0.15, 0.2) is 34.7 Å². The highest BCUT2D eigenvalue weighted by molar-refractivity contribution is 5.90. The van der Waals surface area contributed by atoms with Gasteiger partial charge in [0.2, 0.25) is 11.5 Å². The van der Waals surface area contributed by atoms with E-state index in [1.54, 1.807) is 13.2 Å². The second-order valence-corrected chi connectivity index (χ2v) is 4.08. The van der Waals surface area contributed by atoms with Gasteiger partial charge in [0.25, 0.3) is 5.91 Å². The van der Waals surface area contributed by atoms with E-state index in [0.29, 0.717) is 11.1 Å². The van der Waals surface area contributed by atoms with Crippen molar-refractivity contribution in [1.29, 1.82) is 0 Å². The minimum absolute atomic E-state index is 0.117. The maximum absolute atomic E-state index is 11.0. The number of methoxy groups -OCH3 is 1. The Labute approximate surface area is 114 Å². The lowest BCUT2D eigenvalue weighted by Crippen LogP contribution is -2.14. The number of rotatable bonds is 3. The summed E-state index contributed by atoms with van der Waals surface area (Å²) in [6.07, 6.45) is 2.68. The quantitative estimate of drug-likeness (QED) is 0.782. The van der Waals surface area contributed by atoms with Gasteiger partial charge < -0.3 is 14.9 Å². The van der Waals surface area contributed by atoms with E-state index in [9.17, 15) is 4.79 Å². The number of hydrogen-bond donors (Lipinski definition) is 1. The highest BCUT2D eigenvalue weighted by atomic mass is 16.5. The van der Waals surface area contributed by atoms with Crippen LogP contribution >= 0.6 is 0 Å². The van der Waals surface area contributed by atoms with E-state index in [1.165, 1.54) is 0 Å². The molecule has 0 aliphatic carbocycles. The van der Waals surface area contributed by atoms with E-state index >= 15 is 0 Å². The second-order valence-electron chi connectivity index (χ2n) is 4.08. The number of ether oxygens (including phenoxy) is 1. The molecule has 0 aliphatic rings. The Hall–Kier alpha value is -2.89. The van der Waals surface area contributed by atoms with Crippen molar-refractivity contribution in [3.8, 4) is 17.1 Å². The summed E-state index contributed by atoms with van der Waals surface area (Å²) >= 11 is 0. The van der Waals surface area contributed by atoms with Crippen LogP contribution in [0, 0.1) is 6.20 Å². The Balaban J connectivity index is 2.05. The Morgan fingerprint density at radius 3 is 2.75 bits per heavy atom. The molecule has 0 saturated carbocycles. The van der Waals surface area contributed by atoms with Crippen LogP contribution in [-0.4, -0.2) is 23.0 Å². The van der Waals surface area contributed by atoms with E-state index < -0.39 is 5.91 Å². The molecule has 0 aliphatic heterocycles. The van der Waals surface area contributed by atoms with Crippen LogP contribution in [0.25, 0.3) is 22.4 Å². The smallest absolute Gasteiger partial charge is 0.286 e. The van der Waals surface area contributed by atoms with Gasteiger partial charge in [-0.1, -0.05) is 0 Å². The molecule has 20 heavy (non-hydrogen) atoms. The number of furan rings is 1. The molecule has 6 heteroatoms. The van der Waals surface area contributed by atoms with Crippen molar-refractivity contribution in [2.45, 2.75) is 0 Å². The van der Waals surface area contributed by atoms with Gasteiger partial charge in [-0.25, -0.2) is 4.98 Å². The van der Waals surface area contributed by atoms with Gasteiger partial charge in [0.05, 0.1) is 12.5 Å². The minimum Gasteiger partial charge on any atom is -0.497 e. The first-order valence-electron chi connectivity index (χ1n) is 5.81. The summed E-state index contributed by atoms with van der Waals surface area (Å²) in [5.41, 5.74) is 6.25. The van der Waals surface area contributed by atoms with E-state index in [-0.39, 0.29) is 11.5 Å². The maximum atomic E-state index is 11.0. The number of primary amides is 1. The summed E-state index contributed by atoms with van der Waals surface area (Å²) in [5, 5.41) is 0.584. The molecule has 99 valence electrons. The Morgan fingerprint density at radius 2 is 2.10 bits per heavy atom. The van der Waals surface area contributed by atoms with Crippen LogP contribution in [0.2, 0.25) is 0 Å². The van der Waals surface area contributed by atoms with E-state index in [2.05, 4.69) is 16.2 Å². The molecule has 0 saturated heterocycles. The largest absolute Gasteiger partial charge is 0.497 e. The fourth-order valence-corrected chi connectivity index (χ4v) is 1.79. The van der Waals surface area contributed by atoms with Crippen LogP contribution in [-0.2, 0) is 0 Å². The van der Waals surface area contributed by atoms with Crippen molar-refractivity contribution in [3.05, 3.63) is 42.4 Å². The number of nitrogens with two attached hydrogens (primary N) is 1. The van der Waals surface area contributed by atoms with E-state index in [1.807, 2.05) is 24.3 Å². The standard InChI is InChI=1S/C14H10N3O3/c1-19-10-4-2-8(3-5-10)11-6-9-7-16-13(12(15)18)17-14(9)20-11/h2-6H,1H3,(H2,15,18). The van der Waals surface area contributed by atoms with Crippen LogP contribution < -0.4 is 10.5 Å². The number of fused-ring (bicyclic) bond motifs is 1. The number of hydrogen-bond acceptors (Lipinski definition) is 5. The topological polar surface area (TPSA) is 91.2 Å². The van der Waals surface area contributed by atoms with Gasteiger partial charge in [0.1, 0.15) is 17.7 Å². The lowest BCUT2D eigenvalue weighted by molar-refractivity contribution is 0.0990. The van der Waals surface area contributed by atoms with Crippen LogP contribution in [0.4, 0.5) is 0 Å². The molecule has 2 aromatic heterocycles. The normalized spacial score (nSPS) is 10.7. The van der Waals surface area contributed by atoms with Crippen molar-refractivity contribution in [3.63, 3.8) is 0 Å². The first-order valence-corrected chi connectivity index (χ1v) is 5.81. The fourth-order valence-electron chi connectivity index (χ4n) is 1.79. The SMILES string of the molecule is COc1ccc(-c2cc3[c]nc(C(N)=O)nc3o2)cc1. The molecule has 0 bridgehead atoms. The second kappa shape index (κ2) is 4.65. The minimum atomic E-state index is -0.717. The van der Waals surface area contributed by atoms with E-state index in [4.69, 9.17) is 14.9 Å². The molecule has 3 rings (SSSR count). The molecule has 0 fully saturated rings. The average Bonchev–Trinajstić information content (AvgIpc) is 2.90. The molecule has 2 heterocycles. The Morgan fingerprint density at radius 1 is 1.35 bits per heavy atom. The molecule has 1 radical (unpaired) electrons. The third-order valence-electron chi connectivity index (χ3n) is 2.80. The average molecular weight is 268 g/mol. The highest BCUT2D eigenvalue weighted by Gasteiger charge is 2.11. The van der Waals surface area contributed by atoms with Crippen molar-refractivity contribution in [2.24, 2.45) is 5.73 Å². The van der Waals surface area contributed by atoms with Crippen molar-refractivity contribution >= 4 is 17.0 Å². The molecule has 6 nitrogen and oxygen atoms in total. The van der Waals surface area contributed by atoms with Gasteiger partial charge in [-0.15, -0.1) is 0 Å². The van der Waals surface area contributed by atoms with Gasteiger partial charge in [-0.05, 0) is 30.3 Å². The summed E-state index contributed by atoms with van der Waals surface area (Å²) in [7, 11) is 1.60. The molecule has 1 amide bonds. The number of benzene rings is 1. The first kappa shape index (κ1) is 12.2. The Bertz CT molecular complexity index is 778. The van der Waals surface area contributed by atoms with Crippen LogP contribution in [0.1, 0.15) is 10.6 Å². The summed E-state index contributed by atoms with van der Waals surface area (Å²) in [4.78, 5) is 18.7. The van der Waals surface area contributed by atoms with Gasteiger partial charge >= 0.3 is 0 Å². The molecular formula is C14H10N3O3. The van der Waals surface area contributed by atoms with Crippen LogP contribution in [0.3, 0.4) is 0 Å². The molecular weight excluding hydrogens is 258 g/mol. The zero-order valence-electron chi connectivity index (χ0n) is 10.6. The van der Waals surface area contributed by atoms with Crippen LogP contribution in [0.5, 0.6) is 5.75 Å². The summed E-state index contributed by atoms with van der Waals surface area (Å²) in [6.45, 7) is 0. The van der Waals surface area contributed by atoms with Gasteiger partial charge in [0.15, 0.2) is 0 Å². The Kier molecular flexibility index (Phi) is 2.83. The molecule has 1 aromatic carbocycles. The number of carbonyl (C=O) groups is 1. The summed E-state index contributed by atoms with van der Waals surface area (Å²) in [6, 6.07) is 9.12. The predicted molar refractivity (Wildman–Crippen MR) is 71.1 cm³/mol. The zero-order valence-corrected chi connectivity index (χ0v) is 10.6. The number of aromatic nitrogens is 2. The van der Waals surface area contributed by atoms with Gasteiger partial charge in [-0.2, -0.15) is 4.98 Å². The summed E-state index contributed by atoms with van der Waals surface area (Å²) < 4.78 is 10.7. The third-order valence-corrected chi connectivity index (χ3v) is 2.80. The number of amides is 1. The van der Waals surface area contributed by atoms with Crippen molar-refractivity contribution < 1.29 is 13.9 Å².